The monoisotopic (exact) mass is 332 g/mol. The number of nitrogens with two attached hydrogens (primary N) is 1. The maximum absolute atomic E-state index is 13.1. The van der Waals surface area contributed by atoms with Crippen molar-refractivity contribution in [1.29, 1.82) is 0 Å². The first-order valence-corrected chi connectivity index (χ1v) is 8.20. The number of sulfonamides is 1. The van der Waals surface area contributed by atoms with Crippen LogP contribution in [0.25, 0.3) is 22.3 Å². The van der Waals surface area contributed by atoms with Crippen LogP contribution in [0.3, 0.4) is 0 Å². The molecule has 0 spiro atoms. The Morgan fingerprint density at radius 3 is 2.09 bits per heavy atom. The molecule has 3 rings (SSSR count). The Hall–Kier alpha value is -2.64. The lowest BCUT2D eigenvalue weighted by molar-refractivity contribution is 0.459. The minimum Gasteiger partial charge on any atom is -0.494 e. The minimum atomic E-state index is -3.76. The number of rotatable bonds is 3. The van der Waals surface area contributed by atoms with Crippen LogP contribution in [-0.2, 0) is 10.0 Å². The van der Waals surface area contributed by atoms with Crippen molar-refractivity contribution in [3.63, 3.8) is 0 Å². The number of primary sulfonamides is 1. The quantitative estimate of drug-likeness (QED) is 0.688. The van der Waals surface area contributed by atoms with Crippen molar-refractivity contribution >= 4 is 10.0 Å². The van der Waals surface area contributed by atoms with E-state index in [2.05, 4.69) is 4.98 Å². The average Bonchev–Trinajstić information content (AvgIpc) is 2.89. The molecule has 2 aromatic carbocycles. The van der Waals surface area contributed by atoms with Gasteiger partial charge >= 0.3 is 0 Å². The van der Waals surface area contributed by atoms with E-state index in [9.17, 15) is 17.9 Å². The maximum Gasteiger partial charge on any atom is 0.238 e. The van der Waals surface area contributed by atoms with Crippen molar-refractivity contribution in [2.75, 3.05) is 0 Å². The lowest BCUT2D eigenvalue weighted by Crippen LogP contribution is -2.11. The summed E-state index contributed by atoms with van der Waals surface area (Å²) in [5.41, 5.74) is 2.49. The van der Waals surface area contributed by atoms with Crippen LogP contribution in [0.5, 0.6) is 5.88 Å². The van der Waals surface area contributed by atoms with Crippen LogP contribution in [0.2, 0.25) is 0 Å². The van der Waals surface area contributed by atoms with Gasteiger partial charge < -0.3 is 10.1 Å². The van der Waals surface area contributed by atoms with Crippen LogP contribution in [-0.4, -0.2) is 18.5 Å². The van der Waals surface area contributed by atoms with Crippen molar-refractivity contribution in [2.24, 2.45) is 5.14 Å². The van der Waals surface area contributed by atoms with Crippen molar-refractivity contribution in [3.05, 3.63) is 60.5 Å². The standard InChI is InChI=1S/C16H13FN2O3S/c17-12-5-1-11(2-6-12)15-14(9-19-16(15)20)10-3-7-13(8-4-10)23(18,21)22/h1-9,19-20H,(H2,18,21,22). The predicted molar refractivity (Wildman–Crippen MR) is 84.7 cm³/mol. The number of aromatic hydroxyl groups is 1. The highest BCUT2D eigenvalue weighted by Crippen LogP contribution is 2.38. The third-order valence-corrected chi connectivity index (χ3v) is 4.42. The Labute approximate surface area is 132 Å². The van der Waals surface area contributed by atoms with E-state index in [4.69, 9.17) is 5.14 Å². The molecule has 0 unspecified atom stereocenters. The number of nitrogens with one attached hydrogen (secondary N) is 1. The summed E-state index contributed by atoms with van der Waals surface area (Å²) in [5.74, 6) is -0.426. The molecule has 4 N–H and O–H groups in total. The lowest BCUT2D eigenvalue weighted by atomic mass is 9.99. The normalized spacial score (nSPS) is 11.6. The van der Waals surface area contributed by atoms with Gasteiger partial charge in [-0.25, -0.2) is 17.9 Å². The van der Waals surface area contributed by atoms with Gasteiger partial charge in [-0.3, -0.25) is 0 Å². The molecule has 0 bridgehead atoms. The summed E-state index contributed by atoms with van der Waals surface area (Å²) in [4.78, 5) is 2.72. The van der Waals surface area contributed by atoms with Gasteiger partial charge in [-0.1, -0.05) is 24.3 Å². The molecule has 23 heavy (non-hydrogen) atoms. The second-order valence-electron chi connectivity index (χ2n) is 5.00. The second kappa shape index (κ2) is 5.53. The van der Waals surface area contributed by atoms with Crippen molar-refractivity contribution < 1.29 is 17.9 Å². The fourth-order valence-electron chi connectivity index (χ4n) is 2.37. The molecule has 0 aliphatic heterocycles. The zero-order valence-corrected chi connectivity index (χ0v) is 12.6. The molecule has 0 aliphatic rings. The van der Waals surface area contributed by atoms with E-state index in [1.54, 1.807) is 30.5 Å². The molecular weight excluding hydrogens is 319 g/mol. The Balaban J connectivity index is 2.10. The smallest absolute Gasteiger partial charge is 0.238 e. The Kier molecular flexibility index (Phi) is 3.67. The first-order chi connectivity index (χ1) is 10.9. The highest BCUT2D eigenvalue weighted by molar-refractivity contribution is 7.89. The molecular formula is C16H13FN2O3S. The van der Waals surface area contributed by atoms with Crippen LogP contribution >= 0.6 is 0 Å². The van der Waals surface area contributed by atoms with Gasteiger partial charge in [-0.2, -0.15) is 0 Å². The number of hydrogen-bond acceptors (Lipinski definition) is 3. The number of benzene rings is 2. The van der Waals surface area contributed by atoms with E-state index >= 15 is 0 Å². The van der Waals surface area contributed by atoms with Crippen molar-refractivity contribution in [2.45, 2.75) is 4.90 Å². The summed E-state index contributed by atoms with van der Waals surface area (Å²) in [6, 6.07) is 11.7. The highest BCUT2D eigenvalue weighted by Gasteiger charge is 2.15. The van der Waals surface area contributed by atoms with Gasteiger partial charge in [0.05, 0.1) is 10.5 Å². The molecule has 3 aromatic rings. The Morgan fingerprint density at radius 2 is 1.52 bits per heavy atom. The van der Waals surface area contributed by atoms with E-state index in [1.165, 1.54) is 24.3 Å². The maximum atomic E-state index is 13.1. The van der Waals surface area contributed by atoms with E-state index < -0.39 is 10.0 Å². The molecule has 0 amide bonds. The first-order valence-electron chi connectivity index (χ1n) is 6.66. The number of aromatic amines is 1. The third kappa shape index (κ3) is 2.96. The summed E-state index contributed by atoms with van der Waals surface area (Å²) >= 11 is 0. The van der Waals surface area contributed by atoms with Crippen LogP contribution < -0.4 is 5.14 Å². The molecule has 5 nitrogen and oxygen atoms in total. The summed E-state index contributed by atoms with van der Waals surface area (Å²) < 4.78 is 35.7. The fraction of sp³-hybridized carbons (Fsp3) is 0. The Bertz CT molecular complexity index is 946. The van der Waals surface area contributed by atoms with Gasteiger partial charge in [0, 0.05) is 11.8 Å². The second-order valence-corrected chi connectivity index (χ2v) is 6.56. The number of halogens is 1. The summed E-state index contributed by atoms with van der Waals surface area (Å²) in [5, 5.41) is 15.1. The van der Waals surface area contributed by atoms with Crippen LogP contribution in [0.1, 0.15) is 0 Å². The van der Waals surface area contributed by atoms with Crippen LogP contribution in [0.15, 0.2) is 59.6 Å². The molecule has 1 aromatic heterocycles. The van der Waals surface area contributed by atoms with Crippen LogP contribution in [0, 0.1) is 5.82 Å². The van der Waals surface area contributed by atoms with E-state index in [0.29, 0.717) is 22.3 Å². The fourth-order valence-corrected chi connectivity index (χ4v) is 2.89. The van der Waals surface area contributed by atoms with E-state index in [1.807, 2.05) is 0 Å². The van der Waals surface area contributed by atoms with E-state index in [0.717, 1.165) is 0 Å². The lowest BCUT2D eigenvalue weighted by Gasteiger charge is -2.06. The molecule has 0 radical (unpaired) electrons. The molecule has 0 atom stereocenters. The molecule has 118 valence electrons. The van der Waals surface area contributed by atoms with Crippen molar-refractivity contribution in [1.82, 2.24) is 4.98 Å². The largest absolute Gasteiger partial charge is 0.494 e. The first kappa shape index (κ1) is 15.3. The third-order valence-electron chi connectivity index (χ3n) is 3.49. The van der Waals surface area contributed by atoms with Gasteiger partial charge in [0.2, 0.25) is 10.0 Å². The van der Waals surface area contributed by atoms with Crippen molar-refractivity contribution in [3.8, 4) is 28.1 Å². The van der Waals surface area contributed by atoms with Gasteiger partial charge in [-0.15, -0.1) is 0 Å². The number of aromatic nitrogens is 1. The van der Waals surface area contributed by atoms with Gasteiger partial charge in [-0.05, 0) is 35.4 Å². The molecule has 1 heterocycles. The number of hydrogen-bond donors (Lipinski definition) is 3. The summed E-state index contributed by atoms with van der Waals surface area (Å²) in [6.45, 7) is 0. The predicted octanol–water partition coefficient (Wildman–Crippen LogP) is 2.84. The number of H-pyrrole nitrogens is 1. The molecule has 0 aliphatic carbocycles. The Morgan fingerprint density at radius 1 is 0.957 bits per heavy atom. The average molecular weight is 332 g/mol. The summed E-state index contributed by atoms with van der Waals surface area (Å²) in [6.07, 6.45) is 1.60. The highest BCUT2D eigenvalue weighted by atomic mass is 32.2. The SMILES string of the molecule is NS(=O)(=O)c1ccc(-c2c[nH]c(O)c2-c2ccc(F)cc2)cc1. The molecule has 7 heteroatoms. The molecule has 0 saturated heterocycles. The zero-order valence-electron chi connectivity index (χ0n) is 11.8. The van der Waals surface area contributed by atoms with Gasteiger partial charge in [0.25, 0.3) is 0 Å². The molecule has 0 fully saturated rings. The molecule has 0 saturated carbocycles. The summed E-state index contributed by atoms with van der Waals surface area (Å²) in [7, 11) is -3.76. The topological polar surface area (TPSA) is 96.2 Å². The van der Waals surface area contributed by atoms with E-state index in [-0.39, 0.29) is 16.6 Å². The van der Waals surface area contributed by atoms with Gasteiger partial charge in [0.1, 0.15) is 5.82 Å². The van der Waals surface area contributed by atoms with Gasteiger partial charge in [0.15, 0.2) is 5.88 Å². The minimum absolute atomic E-state index is 0.00402. The zero-order chi connectivity index (χ0) is 16.6. The van der Waals surface area contributed by atoms with Crippen LogP contribution in [0.4, 0.5) is 4.39 Å².